The fourth-order valence-corrected chi connectivity index (χ4v) is 2.51. The van der Waals surface area contributed by atoms with Crippen molar-refractivity contribution >= 4 is 0 Å². The molecule has 0 heterocycles. The summed E-state index contributed by atoms with van der Waals surface area (Å²) in [5.41, 5.74) is 4.83. The molecule has 0 radical (unpaired) electrons. The Morgan fingerprint density at radius 1 is 1.00 bits per heavy atom. The van der Waals surface area contributed by atoms with E-state index < -0.39 is 0 Å². The maximum Gasteiger partial charge on any atom is 0.119 e. The van der Waals surface area contributed by atoms with Gasteiger partial charge in [-0.3, -0.25) is 0 Å². The molecule has 0 aromatic heterocycles. The van der Waals surface area contributed by atoms with Crippen LogP contribution in [0.3, 0.4) is 0 Å². The van der Waals surface area contributed by atoms with Crippen LogP contribution in [0.15, 0.2) is 42.5 Å². The van der Waals surface area contributed by atoms with Crippen LogP contribution in [0.2, 0.25) is 0 Å². The molecule has 1 aliphatic rings. The average molecular weight is 249 g/mol. The standard InChI is InChI=1S/C17H15NO/c18-11-13-5-8-17(9-6-13)19-12-14-4-7-15-2-1-3-16(15)10-14/h4-10H,1-3,12H2. The summed E-state index contributed by atoms with van der Waals surface area (Å²) in [6.45, 7) is 0.583. The van der Waals surface area contributed by atoms with Crippen LogP contribution in [0.5, 0.6) is 5.75 Å². The van der Waals surface area contributed by atoms with Crippen molar-refractivity contribution in [3.05, 3.63) is 64.7 Å². The van der Waals surface area contributed by atoms with Gasteiger partial charge in [0.25, 0.3) is 0 Å². The highest BCUT2D eigenvalue weighted by atomic mass is 16.5. The van der Waals surface area contributed by atoms with Gasteiger partial charge in [0.1, 0.15) is 12.4 Å². The number of hydrogen-bond donors (Lipinski definition) is 0. The van der Waals surface area contributed by atoms with E-state index in [1.54, 1.807) is 12.1 Å². The van der Waals surface area contributed by atoms with E-state index in [0.717, 1.165) is 5.75 Å². The van der Waals surface area contributed by atoms with Gasteiger partial charge in [0.15, 0.2) is 0 Å². The van der Waals surface area contributed by atoms with Gasteiger partial charge in [-0.2, -0.15) is 5.26 Å². The normalized spacial score (nSPS) is 12.8. The highest BCUT2D eigenvalue weighted by Crippen LogP contribution is 2.23. The zero-order valence-corrected chi connectivity index (χ0v) is 10.7. The Labute approximate surface area is 113 Å². The molecule has 0 N–H and O–H groups in total. The number of benzene rings is 2. The van der Waals surface area contributed by atoms with Crippen molar-refractivity contribution in [1.29, 1.82) is 5.26 Å². The number of ether oxygens (including phenoxy) is 1. The van der Waals surface area contributed by atoms with E-state index in [2.05, 4.69) is 24.3 Å². The fraction of sp³-hybridized carbons (Fsp3) is 0.235. The van der Waals surface area contributed by atoms with Crippen molar-refractivity contribution in [2.75, 3.05) is 0 Å². The molecule has 0 fully saturated rings. The molecule has 0 amide bonds. The first-order chi connectivity index (χ1) is 9.35. The molecule has 2 nitrogen and oxygen atoms in total. The summed E-state index contributed by atoms with van der Waals surface area (Å²) in [6.07, 6.45) is 3.68. The molecule has 1 aliphatic carbocycles. The molecule has 0 bridgehead atoms. The van der Waals surface area contributed by atoms with Gasteiger partial charge in [-0.1, -0.05) is 18.2 Å². The zero-order valence-electron chi connectivity index (χ0n) is 10.7. The predicted octanol–water partition coefficient (Wildman–Crippen LogP) is 3.63. The van der Waals surface area contributed by atoms with E-state index in [4.69, 9.17) is 10.00 Å². The Morgan fingerprint density at radius 2 is 1.79 bits per heavy atom. The summed E-state index contributed by atoms with van der Waals surface area (Å²) in [7, 11) is 0. The van der Waals surface area contributed by atoms with Crippen molar-refractivity contribution in [3.63, 3.8) is 0 Å². The molecule has 2 aromatic carbocycles. The van der Waals surface area contributed by atoms with Gasteiger partial charge in [0.2, 0.25) is 0 Å². The van der Waals surface area contributed by atoms with Crippen LogP contribution in [0, 0.1) is 11.3 Å². The molecule has 0 aliphatic heterocycles. The minimum absolute atomic E-state index is 0.583. The summed E-state index contributed by atoms with van der Waals surface area (Å²) in [5, 5.41) is 8.74. The first-order valence-corrected chi connectivity index (χ1v) is 6.59. The maximum atomic E-state index is 8.74. The summed E-state index contributed by atoms with van der Waals surface area (Å²) >= 11 is 0. The summed E-state index contributed by atoms with van der Waals surface area (Å²) < 4.78 is 5.74. The molecule has 2 aromatic rings. The average Bonchev–Trinajstić information content (AvgIpc) is 2.93. The molecule has 94 valence electrons. The SMILES string of the molecule is N#Cc1ccc(OCc2ccc3c(c2)CCC3)cc1. The number of nitriles is 1. The number of fused-ring (bicyclic) bond motifs is 1. The Balaban J connectivity index is 1.67. The maximum absolute atomic E-state index is 8.74. The van der Waals surface area contributed by atoms with Crippen molar-refractivity contribution in [3.8, 4) is 11.8 Å². The van der Waals surface area contributed by atoms with Gasteiger partial charge in [0.05, 0.1) is 11.6 Å². The quantitative estimate of drug-likeness (QED) is 0.832. The van der Waals surface area contributed by atoms with E-state index in [1.165, 1.54) is 36.0 Å². The van der Waals surface area contributed by atoms with Crippen molar-refractivity contribution in [2.24, 2.45) is 0 Å². The van der Waals surface area contributed by atoms with Crippen molar-refractivity contribution < 1.29 is 4.74 Å². The van der Waals surface area contributed by atoms with Crippen LogP contribution in [0.4, 0.5) is 0 Å². The molecule has 3 rings (SSSR count). The largest absolute Gasteiger partial charge is 0.489 e. The van der Waals surface area contributed by atoms with E-state index in [0.29, 0.717) is 12.2 Å². The highest BCUT2D eigenvalue weighted by Gasteiger charge is 2.10. The predicted molar refractivity (Wildman–Crippen MR) is 74.0 cm³/mol. The van der Waals surface area contributed by atoms with Gasteiger partial charge >= 0.3 is 0 Å². The lowest BCUT2D eigenvalue weighted by molar-refractivity contribution is 0.306. The Bertz CT molecular complexity index is 623. The second kappa shape index (κ2) is 5.16. The van der Waals surface area contributed by atoms with Gasteiger partial charge in [-0.25, -0.2) is 0 Å². The molecule has 0 unspecified atom stereocenters. The second-order valence-electron chi connectivity index (χ2n) is 4.88. The van der Waals surface area contributed by atoms with Gasteiger partial charge in [-0.05, 0) is 60.2 Å². The van der Waals surface area contributed by atoms with Crippen molar-refractivity contribution in [2.45, 2.75) is 25.9 Å². The number of rotatable bonds is 3. The molecule has 2 heteroatoms. The van der Waals surface area contributed by atoms with Gasteiger partial charge < -0.3 is 4.74 Å². The molecule has 19 heavy (non-hydrogen) atoms. The first-order valence-electron chi connectivity index (χ1n) is 6.59. The summed E-state index contributed by atoms with van der Waals surface area (Å²) in [5.74, 6) is 0.805. The van der Waals surface area contributed by atoms with Crippen LogP contribution in [-0.2, 0) is 19.4 Å². The lowest BCUT2D eigenvalue weighted by atomic mass is 10.1. The number of nitrogens with zero attached hydrogens (tertiary/aromatic N) is 1. The van der Waals surface area contributed by atoms with Gasteiger partial charge in [-0.15, -0.1) is 0 Å². The monoisotopic (exact) mass is 249 g/mol. The number of hydrogen-bond acceptors (Lipinski definition) is 2. The Hall–Kier alpha value is -2.27. The Kier molecular flexibility index (Phi) is 3.20. The first kappa shape index (κ1) is 11.8. The van der Waals surface area contributed by atoms with Crippen LogP contribution in [0.1, 0.15) is 28.7 Å². The summed E-state index contributed by atoms with van der Waals surface area (Å²) in [4.78, 5) is 0. The number of aryl methyl sites for hydroxylation is 2. The van der Waals surface area contributed by atoms with Crippen LogP contribution >= 0.6 is 0 Å². The smallest absolute Gasteiger partial charge is 0.119 e. The second-order valence-corrected chi connectivity index (χ2v) is 4.88. The van der Waals surface area contributed by atoms with Crippen LogP contribution < -0.4 is 4.74 Å². The molecule has 0 spiro atoms. The zero-order chi connectivity index (χ0) is 13.1. The third kappa shape index (κ3) is 2.61. The lowest BCUT2D eigenvalue weighted by Gasteiger charge is -2.08. The van der Waals surface area contributed by atoms with Crippen LogP contribution in [-0.4, -0.2) is 0 Å². The topological polar surface area (TPSA) is 33.0 Å². The molecule has 0 atom stereocenters. The van der Waals surface area contributed by atoms with E-state index in [1.807, 2.05) is 12.1 Å². The van der Waals surface area contributed by atoms with Gasteiger partial charge in [0, 0.05) is 0 Å². The molecule has 0 saturated heterocycles. The van der Waals surface area contributed by atoms with E-state index in [9.17, 15) is 0 Å². The van der Waals surface area contributed by atoms with E-state index in [-0.39, 0.29) is 0 Å². The van der Waals surface area contributed by atoms with Crippen LogP contribution in [0.25, 0.3) is 0 Å². The lowest BCUT2D eigenvalue weighted by Crippen LogP contribution is -1.96. The highest BCUT2D eigenvalue weighted by molar-refractivity contribution is 5.36. The molecular weight excluding hydrogens is 234 g/mol. The molecule has 0 saturated carbocycles. The fourth-order valence-electron chi connectivity index (χ4n) is 2.51. The Morgan fingerprint density at radius 3 is 2.58 bits per heavy atom. The minimum atomic E-state index is 0.583. The summed E-state index contributed by atoms with van der Waals surface area (Å²) in [6, 6.07) is 16.0. The van der Waals surface area contributed by atoms with Crippen molar-refractivity contribution in [1.82, 2.24) is 0 Å². The third-order valence-corrected chi connectivity index (χ3v) is 3.55. The minimum Gasteiger partial charge on any atom is -0.489 e. The third-order valence-electron chi connectivity index (χ3n) is 3.55. The molecular formula is C17H15NO. The van der Waals surface area contributed by atoms with E-state index >= 15 is 0 Å².